The van der Waals surface area contributed by atoms with Crippen LogP contribution >= 0.6 is 0 Å². The first kappa shape index (κ1) is 13.1. The van der Waals surface area contributed by atoms with Gasteiger partial charge in [0.05, 0.1) is 13.2 Å². The van der Waals surface area contributed by atoms with Crippen molar-refractivity contribution in [3.05, 3.63) is 34.9 Å². The minimum atomic E-state index is -0.369. The lowest BCUT2D eigenvalue weighted by Crippen LogP contribution is -2.15. The molecule has 0 unspecified atom stereocenters. The zero-order chi connectivity index (χ0) is 12.0. The van der Waals surface area contributed by atoms with Gasteiger partial charge in [-0.05, 0) is 43.7 Å². The van der Waals surface area contributed by atoms with Crippen molar-refractivity contribution in [2.45, 2.75) is 13.3 Å². The maximum absolute atomic E-state index is 13.4. The van der Waals surface area contributed by atoms with Gasteiger partial charge >= 0.3 is 0 Å². The van der Waals surface area contributed by atoms with Gasteiger partial charge in [-0.15, -0.1) is 0 Å². The van der Waals surface area contributed by atoms with Gasteiger partial charge in [0.25, 0.3) is 0 Å². The van der Waals surface area contributed by atoms with E-state index in [2.05, 4.69) is 5.32 Å². The normalized spacial score (nSPS) is 10.8. The van der Waals surface area contributed by atoms with E-state index in [1.807, 2.05) is 7.05 Å². The second-order valence-electron chi connectivity index (χ2n) is 3.66. The van der Waals surface area contributed by atoms with Gasteiger partial charge in [-0.2, -0.15) is 0 Å². The Kier molecular flexibility index (Phi) is 5.35. The monoisotopic (exact) mass is 229 g/mol. The number of benzene rings is 1. The number of hydrogen-bond acceptors (Lipinski definition) is 2. The summed E-state index contributed by atoms with van der Waals surface area (Å²) in [6.45, 7) is 3.28. The Bertz CT molecular complexity index is 342. The van der Waals surface area contributed by atoms with E-state index in [0.29, 0.717) is 30.8 Å². The summed E-state index contributed by atoms with van der Waals surface area (Å²) in [4.78, 5) is 0. The van der Waals surface area contributed by atoms with Crippen molar-refractivity contribution in [1.82, 2.24) is 5.32 Å². The molecule has 0 saturated carbocycles. The molecule has 16 heavy (non-hydrogen) atoms. The van der Waals surface area contributed by atoms with E-state index < -0.39 is 0 Å². The smallest absolute Gasteiger partial charge is 0.126 e. The molecule has 0 amide bonds. The molecular formula is C12H17F2NO. The second-order valence-corrected chi connectivity index (χ2v) is 3.66. The van der Waals surface area contributed by atoms with Crippen molar-refractivity contribution >= 4 is 0 Å². The summed E-state index contributed by atoms with van der Waals surface area (Å²) in [5.41, 5.74) is 0.699. The molecule has 0 aliphatic carbocycles. The molecule has 0 fully saturated rings. The molecule has 1 rings (SSSR count). The Balaban J connectivity index is 2.45. The molecule has 0 spiro atoms. The first-order chi connectivity index (χ1) is 7.65. The van der Waals surface area contributed by atoms with Gasteiger partial charge < -0.3 is 10.1 Å². The average Bonchev–Trinajstić information content (AvgIpc) is 2.25. The van der Waals surface area contributed by atoms with Gasteiger partial charge in [-0.1, -0.05) is 0 Å². The fourth-order valence-electron chi connectivity index (χ4n) is 1.34. The van der Waals surface area contributed by atoms with Gasteiger partial charge in [-0.3, -0.25) is 0 Å². The third kappa shape index (κ3) is 3.87. The summed E-state index contributed by atoms with van der Waals surface area (Å²) in [7, 11) is 1.83. The predicted octanol–water partition coefficient (Wildman–Crippen LogP) is 2.05. The van der Waals surface area contributed by atoms with E-state index >= 15 is 0 Å². The lowest BCUT2D eigenvalue weighted by atomic mass is 10.1. The second kappa shape index (κ2) is 6.55. The number of hydrogen-bond donors (Lipinski definition) is 1. The van der Waals surface area contributed by atoms with Crippen molar-refractivity contribution in [3.8, 4) is 0 Å². The first-order valence-corrected chi connectivity index (χ1v) is 5.32. The van der Waals surface area contributed by atoms with Crippen LogP contribution < -0.4 is 5.32 Å². The molecule has 1 N–H and O–H groups in total. The summed E-state index contributed by atoms with van der Waals surface area (Å²) in [6.07, 6.45) is 0.396. The van der Waals surface area contributed by atoms with E-state index in [-0.39, 0.29) is 11.6 Å². The van der Waals surface area contributed by atoms with Crippen molar-refractivity contribution < 1.29 is 13.5 Å². The molecule has 0 aliphatic heterocycles. The van der Waals surface area contributed by atoms with Crippen molar-refractivity contribution in [2.75, 3.05) is 26.8 Å². The van der Waals surface area contributed by atoms with E-state index in [9.17, 15) is 8.78 Å². The number of ether oxygens (including phenoxy) is 1. The molecule has 0 saturated heterocycles. The van der Waals surface area contributed by atoms with Crippen LogP contribution in [0, 0.1) is 18.6 Å². The highest BCUT2D eigenvalue weighted by Gasteiger charge is 2.06. The fourth-order valence-corrected chi connectivity index (χ4v) is 1.34. The van der Waals surface area contributed by atoms with Gasteiger partial charge in [-0.25, -0.2) is 8.78 Å². The molecule has 0 radical (unpaired) electrons. The zero-order valence-corrected chi connectivity index (χ0v) is 9.65. The highest BCUT2D eigenvalue weighted by atomic mass is 19.1. The summed E-state index contributed by atoms with van der Waals surface area (Å²) in [6, 6.07) is 2.46. The Morgan fingerprint density at radius 2 is 1.94 bits per heavy atom. The topological polar surface area (TPSA) is 21.3 Å². The van der Waals surface area contributed by atoms with Crippen LogP contribution in [-0.2, 0) is 11.2 Å². The highest BCUT2D eigenvalue weighted by Crippen LogP contribution is 2.14. The minimum absolute atomic E-state index is 0.331. The molecule has 0 atom stereocenters. The maximum atomic E-state index is 13.4. The van der Waals surface area contributed by atoms with Crippen molar-refractivity contribution in [2.24, 2.45) is 0 Å². The van der Waals surface area contributed by atoms with Crippen LogP contribution in [0.2, 0.25) is 0 Å². The van der Waals surface area contributed by atoms with Gasteiger partial charge in [0.2, 0.25) is 0 Å². The standard InChI is InChI=1S/C12H17F2NO/c1-9-7-12(14)10(8-11(9)13)3-5-16-6-4-15-2/h7-8,15H,3-6H2,1-2H3. The highest BCUT2D eigenvalue weighted by molar-refractivity contribution is 5.25. The van der Waals surface area contributed by atoms with Gasteiger partial charge in [0, 0.05) is 6.54 Å². The van der Waals surface area contributed by atoms with Crippen LogP contribution in [0.5, 0.6) is 0 Å². The number of halogens is 2. The van der Waals surface area contributed by atoms with E-state index in [1.165, 1.54) is 12.1 Å². The lowest BCUT2D eigenvalue weighted by Gasteiger charge is -2.06. The van der Waals surface area contributed by atoms with Crippen LogP contribution in [0.1, 0.15) is 11.1 Å². The fraction of sp³-hybridized carbons (Fsp3) is 0.500. The third-order valence-electron chi connectivity index (χ3n) is 2.34. The quantitative estimate of drug-likeness (QED) is 0.754. The largest absolute Gasteiger partial charge is 0.380 e. The van der Waals surface area contributed by atoms with Crippen LogP contribution in [0.15, 0.2) is 12.1 Å². The Morgan fingerprint density at radius 3 is 2.62 bits per heavy atom. The molecule has 2 nitrogen and oxygen atoms in total. The Labute approximate surface area is 94.6 Å². The minimum Gasteiger partial charge on any atom is -0.380 e. The van der Waals surface area contributed by atoms with Crippen LogP contribution in [-0.4, -0.2) is 26.8 Å². The number of aryl methyl sites for hydroxylation is 1. The molecule has 0 aliphatic rings. The Morgan fingerprint density at radius 1 is 1.19 bits per heavy atom. The predicted molar refractivity (Wildman–Crippen MR) is 59.5 cm³/mol. The molecule has 0 heterocycles. The number of nitrogens with one attached hydrogen (secondary N) is 1. The van der Waals surface area contributed by atoms with Crippen molar-refractivity contribution in [1.29, 1.82) is 0 Å². The number of likely N-dealkylation sites (N-methyl/N-ethyl adjacent to an activating group) is 1. The van der Waals surface area contributed by atoms with E-state index in [1.54, 1.807) is 6.92 Å². The molecule has 90 valence electrons. The van der Waals surface area contributed by atoms with E-state index in [4.69, 9.17) is 4.74 Å². The Hall–Kier alpha value is -1.00. The molecule has 0 bridgehead atoms. The van der Waals surface area contributed by atoms with Crippen LogP contribution in [0.25, 0.3) is 0 Å². The SMILES string of the molecule is CNCCOCCc1cc(F)c(C)cc1F. The summed E-state index contributed by atoms with van der Waals surface area (Å²) in [5.74, 6) is -0.734. The summed E-state index contributed by atoms with van der Waals surface area (Å²) >= 11 is 0. The third-order valence-corrected chi connectivity index (χ3v) is 2.34. The van der Waals surface area contributed by atoms with Crippen molar-refractivity contribution in [3.63, 3.8) is 0 Å². The summed E-state index contributed by atoms with van der Waals surface area (Å²) < 4.78 is 31.8. The number of rotatable bonds is 6. The molecular weight excluding hydrogens is 212 g/mol. The first-order valence-electron chi connectivity index (χ1n) is 5.32. The molecule has 4 heteroatoms. The van der Waals surface area contributed by atoms with E-state index in [0.717, 1.165) is 6.54 Å². The lowest BCUT2D eigenvalue weighted by molar-refractivity contribution is 0.139. The van der Waals surface area contributed by atoms with Crippen LogP contribution in [0.4, 0.5) is 8.78 Å². The molecule has 1 aromatic carbocycles. The van der Waals surface area contributed by atoms with Crippen LogP contribution in [0.3, 0.4) is 0 Å². The van der Waals surface area contributed by atoms with Gasteiger partial charge in [0.15, 0.2) is 0 Å². The maximum Gasteiger partial charge on any atom is 0.126 e. The zero-order valence-electron chi connectivity index (χ0n) is 9.65. The van der Waals surface area contributed by atoms with Gasteiger partial charge in [0.1, 0.15) is 11.6 Å². The summed E-state index contributed by atoms with van der Waals surface area (Å²) in [5, 5.41) is 2.94. The molecule has 0 aromatic heterocycles. The average molecular weight is 229 g/mol. The molecule has 1 aromatic rings.